The third kappa shape index (κ3) is 1.30. The first kappa shape index (κ1) is 12.2. The topological polar surface area (TPSA) is 40.6 Å². The molecule has 0 aromatic heterocycles. The second kappa shape index (κ2) is 4.05. The Morgan fingerprint density at radius 3 is 2.06 bits per heavy atom. The fourth-order valence-corrected chi connectivity index (χ4v) is 4.54. The molecule has 100 valence electrons. The minimum atomic E-state index is -0.230. The van der Waals surface area contributed by atoms with E-state index in [4.69, 9.17) is 0 Å². The minimum absolute atomic E-state index is 0.0568. The van der Waals surface area contributed by atoms with Crippen LogP contribution in [0.3, 0.4) is 0 Å². The molecule has 4 heteroatoms. The van der Waals surface area contributed by atoms with Crippen molar-refractivity contribution in [2.75, 3.05) is 13.1 Å². The fourth-order valence-electron chi connectivity index (χ4n) is 4.54. The van der Waals surface area contributed by atoms with Gasteiger partial charge < -0.3 is 0 Å². The Balaban J connectivity index is 1.97. The van der Waals surface area contributed by atoms with Crippen molar-refractivity contribution in [2.24, 2.45) is 11.8 Å². The van der Waals surface area contributed by atoms with E-state index in [1.54, 1.807) is 4.90 Å². The number of rotatable bonds is 4. The average Bonchev–Trinajstić information content (AvgIpc) is 2.75. The summed E-state index contributed by atoms with van der Waals surface area (Å²) in [6, 6.07) is 0. The highest BCUT2D eigenvalue weighted by atomic mass is 16.2. The van der Waals surface area contributed by atoms with Gasteiger partial charge in [0.2, 0.25) is 11.8 Å². The van der Waals surface area contributed by atoms with Crippen LogP contribution in [0.4, 0.5) is 0 Å². The molecule has 1 saturated heterocycles. The Morgan fingerprint density at radius 2 is 1.61 bits per heavy atom. The van der Waals surface area contributed by atoms with Crippen LogP contribution >= 0.6 is 0 Å². The Hall–Kier alpha value is -0.900. The predicted octanol–water partition coefficient (Wildman–Crippen LogP) is 1.60. The van der Waals surface area contributed by atoms with Crippen molar-refractivity contribution >= 4 is 11.8 Å². The van der Waals surface area contributed by atoms with Crippen LogP contribution in [0, 0.1) is 11.8 Å². The highest BCUT2D eigenvalue weighted by Gasteiger charge is 2.74. The quantitative estimate of drug-likeness (QED) is 0.712. The number of carbonyl (C=O) groups excluding carboxylic acids is 2. The first-order valence-corrected chi connectivity index (χ1v) is 7.28. The van der Waals surface area contributed by atoms with Gasteiger partial charge >= 0.3 is 0 Å². The molecule has 3 rings (SSSR count). The number of hydrogen-bond donors (Lipinski definition) is 0. The number of carbonyl (C=O) groups is 2. The van der Waals surface area contributed by atoms with Gasteiger partial charge in [0.1, 0.15) is 5.66 Å². The van der Waals surface area contributed by atoms with E-state index in [0.29, 0.717) is 24.7 Å². The monoisotopic (exact) mass is 250 g/mol. The maximum atomic E-state index is 12.1. The summed E-state index contributed by atoms with van der Waals surface area (Å²) in [6.45, 7) is 6.09. The molecule has 0 bridgehead atoms. The van der Waals surface area contributed by atoms with Crippen molar-refractivity contribution in [3.05, 3.63) is 0 Å². The molecule has 0 aromatic rings. The first-order valence-electron chi connectivity index (χ1n) is 7.28. The SMILES string of the molecule is CCN(CC)C1(N2C(=O)CCC2=O)C2CCCC21. The minimum Gasteiger partial charge on any atom is -0.280 e. The van der Waals surface area contributed by atoms with E-state index in [1.807, 2.05) is 0 Å². The lowest BCUT2D eigenvalue weighted by Crippen LogP contribution is -2.56. The summed E-state index contributed by atoms with van der Waals surface area (Å²) in [5.74, 6) is 1.20. The second-order valence-corrected chi connectivity index (χ2v) is 5.72. The molecule has 18 heavy (non-hydrogen) atoms. The van der Waals surface area contributed by atoms with E-state index in [0.717, 1.165) is 13.1 Å². The van der Waals surface area contributed by atoms with Gasteiger partial charge in [-0.25, -0.2) is 0 Å². The summed E-state index contributed by atoms with van der Waals surface area (Å²) in [5.41, 5.74) is -0.230. The lowest BCUT2D eigenvalue weighted by atomic mass is 10.1. The van der Waals surface area contributed by atoms with E-state index in [2.05, 4.69) is 18.7 Å². The number of likely N-dealkylation sites (tertiary alicyclic amines) is 1. The van der Waals surface area contributed by atoms with E-state index < -0.39 is 0 Å². The molecule has 2 amide bonds. The largest absolute Gasteiger partial charge is 0.280 e. The van der Waals surface area contributed by atoms with Gasteiger partial charge in [-0.1, -0.05) is 20.3 Å². The van der Waals surface area contributed by atoms with Crippen LogP contribution in [-0.2, 0) is 9.59 Å². The van der Waals surface area contributed by atoms with E-state index >= 15 is 0 Å². The Morgan fingerprint density at radius 1 is 1.11 bits per heavy atom. The van der Waals surface area contributed by atoms with Gasteiger partial charge in [0.25, 0.3) is 0 Å². The van der Waals surface area contributed by atoms with Crippen LogP contribution in [0.2, 0.25) is 0 Å². The molecule has 3 fully saturated rings. The van der Waals surface area contributed by atoms with Gasteiger partial charge in [-0.3, -0.25) is 19.4 Å². The van der Waals surface area contributed by atoms with Gasteiger partial charge in [0, 0.05) is 24.7 Å². The number of hydrogen-bond acceptors (Lipinski definition) is 3. The first-order chi connectivity index (χ1) is 8.67. The molecule has 1 aliphatic heterocycles. The summed E-state index contributed by atoms with van der Waals surface area (Å²) < 4.78 is 0. The molecule has 0 spiro atoms. The maximum Gasteiger partial charge on any atom is 0.231 e. The van der Waals surface area contributed by atoms with Crippen LogP contribution in [0.1, 0.15) is 46.0 Å². The fraction of sp³-hybridized carbons (Fsp3) is 0.857. The Kier molecular flexibility index (Phi) is 2.73. The van der Waals surface area contributed by atoms with Crippen molar-refractivity contribution in [3.63, 3.8) is 0 Å². The van der Waals surface area contributed by atoms with Gasteiger partial charge in [0.05, 0.1) is 0 Å². The second-order valence-electron chi connectivity index (χ2n) is 5.72. The molecular weight excluding hydrogens is 228 g/mol. The molecule has 0 N–H and O–H groups in total. The van der Waals surface area contributed by atoms with Crippen molar-refractivity contribution in [1.82, 2.24) is 9.80 Å². The molecule has 0 radical (unpaired) electrons. The number of amides is 2. The zero-order valence-corrected chi connectivity index (χ0v) is 11.3. The van der Waals surface area contributed by atoms with E-state index in [9.17, 15) is 9.59 Å². The number of nitrogens with zero attached hydrogens (tertiary/aromatic N) is 2. The van der Waals surface area contributed by atoms with Gasteiger partial charge in [-0.2, -0.15) is 0 Å². The Labute approximate surface area is 108 Å². The molecule has 0 aromatic carbocycles. The van der Waals surface area contributed by atoms with Crippen LogP contribution < -0.4 is 0 Å². The van der Waals surface area contributed by atoms with Crippen molar-refractivity contribution in [3.8, 4) is 0 Å². The average molecular weight is 250 g/mol. The molecular formula is C14H22N2O2. The number of fused-ring (bicyclic) bond motifs is 1. The zero-order chi connectivity index (χ0) is 12.9. The molecule has 2 unspecified atom stereocenters. The van der Waals surface area contributed by atoms with Crippen LogP contribution in [-0.4, -0.2) is 40.4 Å². The summed E-state index contributed by atoms with van der Waals surface area (Å²) >= 11 is 0. The van der Waals surface area contributed by atoms with E-state index in [1.165, 1.54) is 19.3 Å². The molecule has 4 nitrogen and oxygen atoms in total. The van der Waals surface area contributed by atoms with Crippen LogP contribution in [0.15, 0.2) is 0 Å². The molecule has 2 atom stereocenters. The van der Waals surface area contributed by atoms with Gasteiger partial charge in [-0.05, 0) is 25.9 Å². The standard InChI is InChI=1S/C14H22N2O2/c1-3-15(4-2)14(10-6-5-7-11(10)14)16-12(17)8-9-13(16)18/h10-11H,3-9H2,1-2H3. The normalized spacial score (nSPS) is 38.7. The molecule has 2 aliphatic carbocycles. The highest BCUT2D eigenvalue weighted by Crippen LogP contribution is 2.65. The lowest BCUT2D eigenvalue weighted by Gasteiger charge is -2.39. The van der Waals surface area contributed by atoms with Crippen LogP contribution in [0.5, 0.6) is 0 Å². The van der Waals surface area contributed by atoms with Crippen molar-refractivity contribution < 1.29 is 9.59 Å². The third-order valence-electron chi connectivity index (χ3n) is 5.18. The zero-order valence-electron chi connectivity index (χ0n) is 11.3. The summed E-state index contributed by atoms with van der Waals surface area (Å²) in [5, 5.41) is 0. The Bertz CT molecular complexity index is 363. The summed E-state index contributed by atoms with van der Waals surface area (Å²) in [6.07, 6.45) is 4.45. The molecule has 3 aliphatic rings. The number of imide groups is 1. The highest BCUT2D eigenvalue weighted by molar-refractivity contribution is 6.03. The maximum absolute atomic E-state index is 12.1. The van der Waals surface area contributed by atoms with Crippen molar-refractivity contribution in [2.45, 2.75) is 51.6 Å². The van der Waals surface area contributed by atoms with E-state index in [-0.39, 0.29) is 17.5 Å². The lowest BCUT2D eigenvalue weighted by molar-refractivity contribution is -0.150. The van der Waals surface area contributed by atoms with Gasteiger partial charge in [-0.15, -0.1) is 0 Å². The van der Waals surface area contributed by atoms with Gasteiger partial charge in [0.15, 0.2) is 0 Å². The smallest absolute Gasteiger partial charge is 0.231 e. The molecule has 2 saturated carbocycles. The summed E-state index contributed by atoms with van der Waals surface area (Å²) in [7, 11) is 0. The summed E-state index contributed by atoms with van der Waals surface area (Å²) in [4.78, 5) is 28.2. The molecule has 1 heterocycles. The van der Waals surface area contributed by atoms with Crippen molar-refractivity contribution in [1.29, 1.82) is 0 Å². The van der Waals surface area contributed by atoms with Crippen LogP contribution in [0.25, 0.3) is 0 Å². The predicted molar refractivity (Wildman–Crippen MR) is 67.6 cm³/mol. The third-order valence-corrected chi connectivity index (χ3v) is 5.18.